The molecule has 0 radical (unpaired) electrons. The minimum absolute atomic E-state index is 0.152. The average Bonchev–Trinajstić information content (AvgIpc) is 2.42. The Bertz CT molecular complexity index is 657. The third-order valence-corrected chi connectivity index (χ3v) is 4.58. The van der Waals surface area contributed by atoms with Gasteiger partial charge in [-0.1, -0.05) is 47.5 Å². The highest BCUT2D eigenvalue weighted by Crippen LogP contribution is 2.45. The molecular formula is C16H15Cl2NO. The van der Waals surface area contributed by atoms with E-state index in [1.54, 1.807) is 13.2 Å². The van der Waals surface area contributed by atoms with Gasteiger partial charge in [-0.05, 0) is 29.2 Å². The van der Waals surface area contributed by atoms with Crippen LogP contribution in [0.4, 0.5) is 0 Å². The van der Waals surface area contributed by atoms with Gasteiger partial charge in [-0.2, -0.15) is 0 Å². The molecule has 3 rings (SSSR count). The van der Waals surface area contributed by atoms with Gasteiger partial charge in [0.25, 0.3) is 0 Å². The van der Waals surface area contributed by atoms with Crippen LogP contribution in [0, 0.1) is 0 Å². The summed E-state index contributed by atoms with van der Waals surface area (Å²) >= 11 is 12.5. The standard InChI is InChI=1S/C16H15Cl2NO/c1-20-15-8-13(17)12(7-14(15)18)16(19)11-6-9-4-2-3-5-10(9)11/h2-5,7-8,11,16H,6,19H2,1H3. The third kappa shape index (κ3) is 2.18. The predicted octanol–water partition coefficient (Wildman–Crippen LogP) is 4.34. The van der Waals surface area contributed by atoms with E-state index in [0.717, 1.165) is 12.0 Å². The monoisotopic (exact) mass is 307 g/mol. The summed E-state index contributed by atoms with van der Waals surface area (Å²) in [6.07, 6.45) is 0.983. The lowest BCUT2D eigenvalue weighted by molar-refractivity contribution is 0.414. The summed E-state index contributed by atoms with van der Waals surface area (Å²) in [6.45, 7) is 0. The SMILES string of the molecule is COc1cc(Cl)c(C(N)C2Cc3ccccc32)cc1Cl. The van der Waals surface area contributed by atoms with Crippen molar-refractivity contribution < 1.29 is 4.74 Å². The van der Waals surface area contributed by atoms with E-state index >= 15 is 0 Å². The van der Waals surface area contributed by atoms with Gasteiger partial charge in [-0.3, -0.25) is 0 Å². The quantitative estimate of drug-likeness (QED) is 0.915. The zero-order valence-corrected chi connectivity index (χ0v) is 12.6. The molecule has 0 amide bonds. The largest absolute Gasteiger partial charge is 0.495 e. The van der Waals surface area contributed by atoms with Gasteiger partial charge < -0.3 is 10.5 Å². The molecule has 2 unspecified atom stereocenters. The van der Waals surface area contributed by atoms with Crippen molar-refractivity contribution in [3.05, 3.63) is 63.1 Å². The van der Waals surface area contributed by atoms with Gasteiger partial charge >= 0.3 is 0 Å². The summed E-state index contributed by atoms with van der Waals surface area (Å²) in [5.74, 6) is 0.870. The number of methoxy groups -OCH3 is 1. The van der Waals surface area contributed by atoms with Crippen LogP contribution in [0.5, 0.6) is 5.75 Å². The maximum Gasteiger partial charge on any atom is 0.138 e. The van der Waals surface area contributed by atoms with E-state index in [1.807, 2.05) is 12.1 Å². The van der Waals surface area contributed by atoms with E-state index in [9.17, 15) is 0 Å². The minimum Gasteiger partial charge on any atom is -0.495 e. The normalized spacial score (nSPS) is 18.1. The molecule has 2 aromatic rings. The summed E-state index contributed by atoms with van der Waals surface area (Å²) in [7, 11) is 1.57. The Balaban J connectivity index is 1.93. The van der Waals surface area contributed by atoms with Gasteiger partial charge in [-0.15, -0.1) is 0 Å². The first-order valence-electron chi connectivity index (χ1n) is 6.48. The van der Waals surface area contributed by atoms with Crippen LogP contribution in [-0.2, 0) is 6.42 Å². The zero-order valence-electron chi connectivity index (χ0n) is 11.1. The molecule has 0 spiro atoms. The summed E-state index contributed by atoms with van der Waals surface area (Å²) < 4.78 is 5.16. The van der Waals surface area contributed by atoms with Crippen molar-refractivity contribution in [2.24, 2.45) is 5.73 Å². The van der Waals surface area contributed by atoms with Crippen molar-refractivity contribution in [1.82, 2.24) is 0 Å². The number of nitrogens with two attached hydrogens (primary N) is 1. The fourth-order valence-electron chi connectivity index (χ4n) is 2.79. The molecule has 0 fully saturated rings. The summed E-state index contributed by atoms with van der Waals surface area (Å²) in [5, 5.41) is 1.14. The van der Waals surface area contributed by atoms with E-state index in [2.05, 4.69) is 18.2 Å². The molecule has 4 heteroatoms. The van der Waals surface area contributed by atoms with Crippen molar-refractivity contribution >= 4 is 23.2 Å². The van der Waals surface area contributed by atoms with Crippen LogP contribution < -0.4 is 10.5 Å². The molecule has 0 aromatic heterocycles. The number of hydrogen-bond acceptors (Lipinski definition) is 2. The molecule has 1 aliphatic rings. The summed E-state index contributed by atoms with van der Waals surface area (Å²) in [5.41, 5.74) is 9.94. The van der Waals surface area contributed by atoms with Crippen LogP contribution in [0.1, 0.15) is 28.7 Å². The second-order valence-electron chi connectivity index (χ2n) is 5.04. The van der Waals surface area contributed by atoms with Crippen LogP contribution >= 0.6 is 23.2 Å². The van der Waals surface area contributed by atoms with Crippen molar-refractivity contribution in [1.29, 1.82) is 0 Å². The summed E-state index contributed by atoms with van der Waals surface area (Å²) in [4.78, 5) is 0. The molecule has 2 atom stereocenters. The molecule has 0 heterocycles. The highest BCUT2D eigenvalue weighted by atomic mass is 35.5. The molecule has 2 N–H and O–H groups in total. The van der Waals surface area contributed by atoms with E-state index in [4.69, 9.17) is 33.7 Å². The topological polar surface area (TPSA) is 35.2 Å². The molecule has 2 aromatic carbocycles. The van der Waals surface area contributed by atoms with Crippen molar-refractivity contribution in [2.75, 3.05) is 7.11 Å². The van der Waals surface area contributed by atoms with Crippen LogP contribution in [0.3, 0.4) is 0 Å². The van der Waals surface area contributed by atoms with Crippen LogP contribution in [-0.4, -0.2) is 7.11 Å². The van der Waals surface area contributed by atoms with Gasteiger partial charge in [0.2, 0.25) is 0 Å². The fraction of sp³-hybridized carbons (Fsp3) is 0.250. The smallest absolute Gasteiger partial charge is 0.138 e. The van der Waals surface area contributed by atoms with E-state index < -0.39 is 0 Å². The number of rotatable bonds is 3. The first-order valence-corrected chi connectivity index (χ1v) is 7.23. The number of halogens is 2. The fourth-order valence-corrected chi connectivity index (χ4v) is 3.32. The molecule has 20 heavy (non-hydrogen) atoms. The Labute approximate surface area is 128 Å². The summed E-state index contributed by atoms with van der Waals surface area (Å²) in [6, 6.07) is 11.8. The van der Waals surface area contributed by atoms with Crippen molar-refractivity contribution in [3.8, 4) is 5.75 Å². The molecule has 0 saturated carbocycles. The average molecular weight is 308 g/mol. The molecule has 104 valence electrons. The Hall–Kier alpha value is -1.22. The van der Waals surface area contributed by atoms with E-state index in [1.165, 1.54) is 11.1 Å². The number of ether oxygens (including phenoxy) is 1. The van der Waals surface area contributed by atoms with Crippen LogP contribution in [0.2, 0.25) is 10.0 Å². The number of fused-ring (bicyclic) bond motifs is 1. The van der Waals surface area contributed by atoms with E-state index in [0.29, 0.717) is 21.7 Å². The van der Waals surface area contributed by atoms with Crippen LogP contribution in [0.15, 0.2) is 36.4 Å². The maximum absolute atomic E-state index is 6.39. The number of hydrogen-bond donors (Lipinski definition) is 1. The van der Waals surface area contributed by atoms with Gasteiger partial charge in [0.05, 0.1) is 12.1 Å². The lowest BCUT2D eigenvalue weighted by Crippen LogP contribution is -2.29. The number of benzene rings is 2. The second-order valence-corrected chi connectivity index (χ2v) is 5.86. The molecule has 0 saturated heterocycles. The molecule has 0 aliphatic heterocycles. The molecule has 0 bridgehead atoms. The third-order valence-electron chi connectivity index (χ3n) is 3.96. The molecule has 2 nitrogen and oxygen atoms in total. The highest BCUT2D eigenvalue weighted by molar-refractivity contribution is 6.34. The first kappa shape index (κ1) is 13.7. The van der Waals surface area contributed by atoms with Gasteiger partial charge in [-0.25, -0.2) is 0 Å². The van der Waals surface area contributed by atoms with E-state index in [-0.39, 0.29) is 6.04 Å². The Morgan fingerprint density at radius 1 is 1.20 bits per heavy atom. The van der Waals surface area contributed by atoms with Gasteiger partial charge in [0.15, 0.2) is 0 Å². The van der Waals surface area contributed by atoms with Crippen molar-refractivity contribution in [2.45, 2.75) is 18.4 Å². The van der Waals surface area contributed by atoms with Gasteiger partial charge in [0, 0.05) is 23.0 Å². The lowest BCUT2D eigenvalue weighted by atomic mass is 9.72. The predicted molar refractivity (Wildman–Crippen MR) is 82.8 cm³/mol. The lowest BCUT2D eigenvalue weighted by Gasteiger charge is -2.35. The first-order chi connectivity index (χ1) is 9.61. The Morgan fingerprint density at radius 2 is 1.95 bits per heavy atom. The molecule has 1 aliphatic carbocycles. The highest BCUT2D eigenvalue weighted by Gasteiger charge is 2.32. The van der Waals surface area contributed by atoms with Gasteiger partial charge in [0.1, 0.15) is 5.75 Å². The second kappa shape index (κ2) is 5.28. The Morgan fingerprint density at radius 3 is 2.65 bits per heavy atom. The van der Waals surface area contributed by atoms with Crippen LogP contribution in [0.25, 0.3) is 0 Å². The molecular weight excluding hydrogens is 293 g/mol. The maximum atomic E-state index is 6.39. The van der Waals surface area contributed by atoms with Crippen molar-refractivity contribution in [3.63, 3.8) is 0 Å². The zero-order chi connectivity index (χ0) is 14.3. The minimum atomic E-state index is -0.152. The Kier molecular flexibility index (Phi) is 3.63.